The number of nitrogens with zero attached hydrogens (tertiary/aromatic N) is 4. The van der Waals surface area contributed by atoms with Crippen molar-refractivity contribution in [3.05, 3.63) is 77.0 Å². The standard InChI is InChI=1S/C23H26N4O/c1-5-17-10-11-21(24-14-17)15-27(4)23(28)19-9-7-8-18(12-19)22-13-20(6-2)25-16(3)26-22/h7-14H,5-6,15H2,1-4H3. The molecule has 3 aromatic rings. The van der Waals surface area contributed by atoms with E-state index in [0.717, 1.165) is 41.3 Å². The van der Waals surface area contributed by atoms with Crippen molar-refractivity contribution in [1.29, 1.82) is 0 Å². The molecule has 1 amide bonds. The van der Waals surface area contributed by atoms with Crippen LogP contribution in [0.25, 0.3) is 11.3 Å². The minimum atomic E-state index is -0.0373. The molecule has 0 aliphatic heterocycles. The van der Waals surface area contributed by atoms with E-state index in [1.54, 1.807) is 11.9 Å². The number of hydrogen-bond acceptors (Lipinski definition) is 4. The monoisotopic (exact) mass is 374 g/mol. The molecule has 0 spiro atoms. The van der Waals surface area contributed by atoms with E-state index in [4.69, 9.17) is 0 Å². The Morgan fingerprint density at radius 1 is 1.00 bits per heavy atom. The Kier molecular flexibility index (Phi) is 6.14. The summed E-state index contributed by atoms with van der Waals surface area (Å²) in [6, 6.07) is 13.6. The normalized spacial score (nSPS) is 10.7. The summed E-state index contributed by atoms with van der Waals surface area (Å²) in [7, 11) is 1.80. The molecule has 0 N–H and O–H groups in total. The molecule has 144 valence electrons. The van der Waals surface area contributed by atoms with Crippen LogP contribution in [0, 0.1) is 6.92 Å². The van der Waals surface area contributed by atoms with Crippen LogP contribution in [0.5, 0.6) is 0 Å². The fourth-order valence-electron chi connectivity index (χ4n) is 3.06. The summed E-state index contributed by atoms with van der Waals surface area (Å²) in [6.45, 7) is 6.53. The molecule has 0 saturated carbocycles. The maximum Gasteiger partial charge on any atom is 0.253 e. The first-order chi connectivity index (χ1) is 13.5. The third-order valence-corrected chi connectivity index (χ3v) is 4.70. The first-order valence-corrected chi connectivity index (χ1v) is 9.64. The summed E-state index contributed by atoms with van der Waals surface area (Å²) in [6.07, 6.45) is 3.68. The number of carbonyl (C=O) groups is 1. The van der Waals surface area contributed by atoms with Gasteiger partial charge >= 0.3 is 0 Å². The van der Waals surface area contributed by atoms with Crippen LogP contribution in [0.3, 0.4) is 0 Å². The lowest BCUT2D eigenvalue weighted by Gasteiger charge is -2.17. The van der Waals surface area contributed by atoms with Gasteiger partial charge in [-0.25, -0.2) is 9.97 Å². The van der Waals surface area contributed by atoms with Crippen LogP contribution in [-0.2, 0) is 19.4 Å². The molecular formula is C23H26N4O. The third kappa shape index (κ3) is 4.60. The molecule has 0 atom stereocenters. The van der Waals surface area contributed by atoms with E-state index >= 15 is 0 Å². The number of benzene rings is 1. The minimum Gasteiger partial charge on any atom is -0.336 e. The predicted molar refractivity (Wildman–Crippen MR) is 111 cm³/mol. The van der Waals surface area contributed by atoms with Gasteiger partial charge in [-0.1, -0.05) is 32.0 Å². The van der Waals surface area contributed by atoms with Gasteiger partial charge in [0.15, 0.2) is 0 Å². The smallest absolute Gasteiger partial charge is 0.253 e. The second kappa shape index (κ2) is 8.74. The maximum absolute atomic E-state index is 12.9. The molecule has 0 unspecified atom stereocenters. The summed E-state index contributed by atoms with van der Waals surface area (Å²) < 4.78 is 0. The number of hydrogen-bond donors (Lipinski definition) is 0. The van der Waals surface area contributed by atoms with E-state index < -0.39 is 0 Å². The lowest BCUT2D eigenvalue weighted by atomic mass is 10.1. The van der Waals surface area contributed by atoms with Gasteiger partial charge in [0, 0.05) is 30.1 Å². The SMILES string of the molecule is CCc1ccc(CN(C)C(=O)c2cccc(-c3cc(CC)nc(C)n3)c2)nc1. The van der Waals surface area contributed by atoms with Crippen molar-refractivity contribution >= 4 is 5.91 Å². The van der Waals surface area contributed by atoms with Gasteiger partial charge in [-0.3, -0.25) is 9.78 Å². The first kappa shape index (κ1) is 19.7. The van der Waals surface area contributed by atoms with Crippen LogP contribution in [0.1, 0.15) is 47.0 Å². The largest absolute Gasteiger partial charge is 0.336 e. The van der Waals surface area contributed by atoms with Gasteiger partial charge < -0.3 is 4.90 Å². The zero-order valence-electron chi connectivity index (χ0n) is 16.9. The zero-order chi connectivity index (χ0) is 20.1. The molecule has 2 aromatic heterocycles. The van der Waals surface area contributed by atoms with Gasteiger partial charge in [0.25, 0.3) is 5.91 Å². The quantitative estimate of drug-likeness (QED) is 0.647. The van der Waals surface area contributed by atoms with E-state index in [1.165, 1.54) is 5.56 Å². The fraction of sp³-hybridized carbons (Fsp3) is 0.304. The number of amides is 1. The Morgan fingerprint density at radius 3 is 2.50 bits per heavy atom. The lowest BCUT2D eigenvalue weighted by Crippen LogP contribution is -2.26. The summed E-state index contributed by atoms with van der Waals surface area (Å²) in [5, 5.41) is 0. The van der Waals surface area contributed by atoms with Gasteiger partial charge in [-0.05, 0) is 49.6 Å². The van der Waals surface area contributed by atoms with Crippen molar-refractivity contribution in [2.24, 2.45) is 0 Å². The molecule has 0 fully saturated rings. The van der Waals surface area contributed by atoms with Crippen molar-refractivity contribution in [2.45, 2.75) is 40.2 Å². The Hall–Kier alpha value is -3.08. The maximum atomic E-state index is 12.9. The van der Waals surface area contributed by atoms with E-state index in [2.05, 4.69) is 34.9 Å². The minimum absolute atomic E-state index is 0.0373. The molecule has 0 radical (unpaired) electrons. The molecule has 5 nitrogen and oxygen atoms in total. The van der Waals surface area contributed by atoms with Gasteiger partial charge in [-0.2, -0.15) is 0 Å². The molecular weight excluding hydrogens is 348 g/mol. The van der Waals surface area contributed by atoms with Crippen molar-refractivity contribution in [2.75, 3.05) is 7.05 Å². The number of aromatic nitrogens is 3. The van der Waals surface area contributed by atoms with Gasteiger partial charge in [-0.15, -0.1) is 0 Å². The molecule has 0 saturated heterocycles. The van der Waals surface area contributed by atoms with Crippen molar-refractivity contribution in [3.8, 4) is 11.3 Å². The molecule has 2 heterocycles. The number of rotatable bonds is 6. The summed E-state index contributed by atoms with van der Waals surface area (Å²) >= 11 is 0. The molecule has 0 aliphatic rings. The van der Waals surface area contributed by atoms with Crippen molar-refractivity contribution in [3.63, 3.8) is 0 Å². The molecule has 28 heavy (non-hydrogen) atoms. The Balaban J connectivity index is 1.80. The molecule has 0 bridgehead atoms. The van der Waals surface area contributed by atoms with Crippen LogP contribution in [0.15, 0.2) is 48.7 Å². The first-order valence-electron chi connectivity index (χ1n) is 9.64. The zero-order valence-corrected chi connectivity index (χ0v) is 16.9. The van der Waals surface area contributed by atoms with Crippen LogP contribution in [0.2, 0.25) is 0 Å². The molecule has 5 heteroatoms. The van der Waals surface area contributed by atoms with Crippen LogP contribution in [-0.4, -0.2) is 32.8 Å². The topological polar surface area (TPSA) is 59.0 Å². The average molecular weight is 374 g/mol. The van der Waals surface area contributed by atoms with Crippen LogP contribution in [0.4, 0.5) is 0 Å². The van der Waals surface area contributed by atoms with E-state index in [0.29, 0.717) is 12.1 Å². The van der Waals surface area contributed by atoms with E-state index in [-0.39, 0.29) is 5.91 Å². The number of pyridine rings is 1. The van der Waals surface area contributed by atoms with E-state index in [1.807, 2.05) is 49.5 Å². The molecule has 1 aromatic carbocycles. The highest BCUT2D eigenvalue weighted by atomic mass is 16.2. The third-order valence-electron chi connectivity index (χ3n) is 4.70. The van der Waals surface area contributed by atoms with E-state index in [9.17, 15) is 4.79 Å². The number of carbonyl (C=O) groups excluding carboxylic acids is 1. The highest BCUT2D eigenvalue weighted by molar-refractivity contribution is 5.95. The summed E-state index contributed by atoms with van der Waals surface area (Å²) in [5.74, 6) is 0.703. The van der Waals surface area contributed by atoms with Crippen LogP contribution < -0.4 is 0 Å². The molecule has 0 aliphatic carbocycles. The number of aryl methyl sites for hydroxylation is 3. The Morgan fingerprint density at radius 2 is 1.82 bits per heavy atom. The van der Waals surface area contributed by atoms with Crippen LogP contribution >= 0.6 is 0 Å². The molecule has 3 rings (SSSR count). The predicted octanol–water partition coefficient (Wildman–Crippen LogP) is 4.24. The lowest BCUT2D eigenvalue weighted by molar-refractivity contribution is 0.0783. The van der Waals surface area contributed by atoms with Gasteiger partial charge in [0.05, 0.1) is 17.9 Å². The van der Waals surface area contributed by atoms with Crippen molar-refractivity contribution in [1.82, 2.24) is 19.9 Å². The van der Waals surface area contributed by atoms with Gasteiger partial charge in [0.1, 0.15) is 5.82 Å². The summed E-state index contributed by atoms with van der Waals surface area (Å²) in [5.41, 5.74) is 5.47. The second-order valence-corrected chi connectivity index (χ2v) is 6.90. The average Bonchev–Trinajstić information content (AvgIpc) is 2.73. The van der Waals surface area contributed by atoms with Gasteiger partial charge in [0.2, 0.25) is 0 Å². The highest BCUT2D eigenvalue weighted by Gasteiger charge is 2.14. The summed E-state index contributed by atoms with van der Waals surface area (Å²) in [4.78, 5) is 28.0. The highest BCUT2D eigenvalue weighted by Crippen LogP contribution is 2.20. The van der Waals surface area contributed by atoms with Crippen molar-refractivity contribution < 1.29 is 4.79 Å². The second-order valence-electron chi connectivity index (χ2n) is 6.90. The Labute approximate surface area is 166 Å². The fourth-order valence-corrected chi connectivity index (χ4v) is 3.06. The Bertz CT molecular complexity index is 967.